The minimum Gasteiger partial charge on any atom is -0.495 e. The maximum Gasteiger partial charge on any atom is 0.410 e. The molecule has 2 rings (SSSR count). The number of nitrogens with one attached hydrogen (secondary N) is 1. The minimum absolute atomic E-state index is 0.252. The van der Waals surface area contributed by atoms with E-state index in [1.165, 1.54) is 4.90 Å². The van der Waals surface area contributed by atoms with Crippen molar-refractivity contribution in [2.75, 3.05) is 25.5 Å². The third kappa shape index (κ3) is 4.04. The zero-order chi connectivity index (χ0) is 16.3. The molecule has 1 aliphatic rings. The monoisotopic (exact) mass is 308 g/mol. The summed E-state index contributed by atoms with van der Waals surface area (Å²) in [4.78, 5) is 13.6. The van der Waals surface area contributed by atoms with Crippen LogP contribution in [0, 0.1) is 0 Å². The number of hydrogen-bond acceptors (Lipinski definition) is 5. The normalized spacial score (nSPS) is 21.6. The summed E-state index contributed by atoms with van der Waals surface area (Å²) in [6.07, 6.45) is -1.06. The van der Waals surface area contributed by atoms with Gasteiger partial charge in [0.2, 0.25) is 0 Å². The third-order valence-corrected chi connectivity index (χ3v) is 3.39. The third-order valence-electron chi connectivity index (χ3n) is 3.39. The van der Waals surface area contributed by atoms with Crippen molar-refractivity contribution in [3.8, 4) is 5.75 Å². The average Bonchev–Trinajstić information content (AvgIpc) is 2.79. The summed E-state index contributed by atoms with van der Waals surface area (Å²) < 4.78 is 10.6. The summed E-state index contributed by atoms with van der Waals surface area (Å²) in [5.41, 5.74) is 0.246. The first kappa shape index (κ1) is 16.4. The second kappa shape index (κ2) is 6.44. The molecule has 0 radical (unpaired) electrons. The summed E-state index contributed by atoms with van der Waals surface area (Å²) >= 11 is 0. The fourth-order valence-corrected chi connectivity index (χ4v) is 2.37. The highest BCUT2D eigenvalue weighted by atomic mass is 16.6. The molecule has 6 nitrogen and oxygen atoms in total. The first-order valence-electron chi connectivity index (χ1n) is 7.35. The maximum atomic E-state index is 12.1. The van der Waals surface area contributed by atoms with E-state index < -0.39 is 17.8 Å². The SMILES string of the molecule is COc1ccccc1N[C@@H]1CN(C(=O)OC(C)(C)C)C[C@H]1O. The van der Waals surface area contributed by atoms with Crippen LogP contribution >= 0.6 is 0 Å². The molecule has 0 unspecified atom stereocenters. The molecule has 6 heteroatoms. The first-order valence-corrected chi connectivity index (χ1v) is 7.35. The highest BCUT2D eigenvalue weighted by Gasteiger charge is 2.36. The molecule has 0 bridgehead atoms. The summed E-state index contributed by atoms with van der Waals surface area (Å²) in [5.74, 6) is 0.699. The van der Waals surface area contributed by atoms with E-state index in [0.29, 0.717) is 12.3 Å². The lowest BCUT2D eigenvalue weighted by Crippen LogP contribution is -2.36. The molecule has 0 aromatic heterocycles. The van der Waals surface area contributed by atoms with Gasteiger partial charge in [-0.05, 0) is 32.9 Å². The predicted octanol–water partition coefficient (Wildman–Crippen LogP) is 2.09. The van der Waals surface area contributed by atoms with E-state index in [1.807, 2.05) is 45.0 Å². The van der Waals surface area contributed by atoms with Crippen molar-refractivity contribution in [1.29, 1.82) is 0 Å². The van der Waals surface area contributed by atoms with Gasteiger partial charge in [0.25, 0.3) is 0 Å². The quantitative estimate of drug-likeness (QED) is 0.894. The Hall–Kier alpha value is -1.95. The number of benzene rings is 1. The number of β-amino-alcohol motifs (C(OH)–C–C–N with tert-alkyl or cyclic N) is 1. The molecule has 1 fully saturated rings. The summed E-state index contributed by atoms with van der Waals surface area (Å²) in [6, 6.07) is 7.22. The van der Waals surface area contributed by atoms with Crippen LogP contribution in [-0.4, -0.2) is 54.0 Å². The predicted molar refractivity (Wildman–Crippen MR) is 84.2 cm³/mol. The topological polar surface area (TPSA) is 71.0 Å². The zero-order valence-corrected chi connectivity index (χ0v) is 13.5. The molecule has 122 valence electrons. The van der Waals surface area contributed by atoms with E-state index in [0.717, 1.165) is 5.69 Å². The number of aliphatic hydroxyl groups is 1. The van der Waals surface area contributed by atoms with Gasteiger partial charge in [-0.15, -0.1) is 0 Å². The Balaban J connectivity index is 2.01. The number of carbonyl (C=O) groups is 1. The van der Waals surface area contributed by atoms with Crippen LogP contribution in [0.3, 0.4) is 0 Å². The van der Waals surface area contributed by atoms with Crippen LogP contribution in [0.5, 0.6) is 5.75 Å². The molecule has 2 atom stereocenters. The van der Waals surface area contributed by atoms with Gasteiger partial charge < -0.3 is 24.8 Å². The van der Waals surface area contributed by atoms with Crippen LogP contribution in [0.25, 0.3) is 0 Å². The van der Waals surface area contributed by atoms with E-state index in [-0.39, 0.29) is 12.6 Å². The number of aliphatic hydroxyl groups excluding tert-OH is 1. The number of amides is 1. The van der Waals surface area contributed by atoms with Gasteiger partial charge in [0.05, 0.1) is 31.5 Å². The number of anilines is 1. The number of para-hydroxylation sites is 2. The highest BCUT2D eigenvalue weighted by Crippen LogP contribution is 2.26. The van der Waals surface area contributed by atoms with Gasteiger partial charge in [0.15, 0.2) is 0 Å². The number of nitrogens with zero attached hydrogens (tertiary/aromatic N) is 1. The molecular weight excluding hydrogens is 284 g/mol. The smallest absolute Gasteiger partial charge is 0.410 e. The standard InChI is InChI=1S/C16H24N2O4/c1-16(2,3)22-15(20)18-9-12(13(19)10-18)17-11-7-5-6-8-14(11)21-4/h5-8,12-13,17,19H,9-10H2,1-4H3/t12-,13-/m1/s1. The molecule has 1 aliphatic heterocycles. The summed E-state index contributed by atoms with van der Waals surface area (Å²) in [5, 5.41) is 13.4. The Morgan fingerprint density at radius 2 is 2.00 bits per heavy atom. The van der Waals surface area contributed by atoms with Crippen LogP contribution < -0.4 is 10.1 Å². The molecule has 2 N–H and O–H groups in total. The molecular formula is C16H24N2O4. The maximum absolute atomic E-state index is 12.1. The number of rotatable bonds is 3. The number of ether oxygens (including phenoxy) is 2. The molecule has 1 heterocycles. The number of hydrogen-bond donors (Lipinski definition) is 2. The zero-order valence-electron chi connectivity index (χ0n) is 13.5. The summed E-state index contributed by atoms with van der Waals surface area (Å²) in [6.45, 7) is 6.10. The van der Waals surface area contributed by atoms with Crippen molar-refractivity contribution < 1.29 is 19.4 Å². The van der Waals surface area contributed by atoms with E-state index in [2.05, 4.69) is 5.32 Å². The second-order valence-corrected chi connectivity index (χ2v) is 6.40. The second-order valence-electron chi connectivity index (χ2n) is 6.40. The van der Waals surface area contributed by atoms with Gasteiger partial charge in [0.1, 0.15) is 11.4 Å². The molecule has 22 heavy (non-hydrogen) atoms. The molecule has 1 aromatic rings. The van der Waals surface area contributed by atoms with Crippen LogP contribution in [0.15, 0.2) is 24.3 Å². The van der Waals surface area contributed by atoms with Gasteiger partial charge >= 0.3 is 6.09 Å². The van der Waals surface area contributed by atoms with E-state index in [1.54, 1.807) is 7.11 Å². The van der Waals surface area contributed by atoms with Crippen molar-refractivity contribution in [3.63, 3.8) is 0 Å². The first-order chi connectivity index (χ1) is 10.3. The Morgan fingerprint density at radius 3 is 2.64 bits per heavy atom. The van der Waals surface area contributed by atoms with Crippen molar-refractivity contribution >= 4 is 11.8 Å². The molecule has 1 aromatic carbocycles. The Labute approximate surface area is 131 Å². The van der Waals surface area contributed by atoms with Crippen molar-refractivity contribution in [2.45, 2.75) is 38.5 Å². The van der Waals surface area contributed by atoms with E-state index in [9.17, 15) is 9.90 Å². The molecule has 0 aliphatic carbocycles. The van der Waals surface area contributed by atoms with Crippen LogP contribution in [0.4, 0.5) is 10.5 Å². The van der Waals surface area contributed by atoms with Gasteiger partial charge in [-0.1, -0.05) is 12.1 Å². The van der Waals surface area contributed by atoms with E-state index >= 15 is 0 Å². The lowest BCUT2D eigenvalue weighted by atomic mass is 10.2. The number of carbonyl (C=O) groups excluding carboxylic acids is 1. The van der Waals surface area contributed by atoms with Crippen LogP contribution in [0.2, 0.25) is 0 Å². The summed E-state index contributed by atoms with van der Waals surface area (Å²) in [7, 11) is 1.60. The lowest BCUT2D eigenvalue weighted by Gasteiger charge is -2.24. The van der Waals surface area contributed by atoms with Gasteiger partial charge in [-0.2, -0.15) is 0 Å². The lowest BCUT2D eigenvalue weighted by molar-refractivity contribution is 0.0270. The van der Waals surface area contributed by atoms with Gasteiger partial charge in [-0.3, -0.25) is 0 Å². The van der Waals surface area contributed by atoms with Gasteiger partial charge in [0, 0.05) is 6.54 Å². The van der Waals surface area contributed by atoms with E-state index in [4.69, 9.17) is 9.47 Å². The molecule has 1 amide bonds. The van der Waals surface area contributed by atoms with Crippen LogP contribution in [0.1, 0.15) is 20.8 Å². The number of likely N-dealkylation sites (tertiary alicyclic amines) is 1. The fourth-order valence-electron chi connectivity index (χ4n) is 2.37. The molecule has 0 saturated carbocycles. The average molecular weight is 308 g/mol. The van der Waals surface area contributed by atoms with Crippen molar-refractivity contribution in [3.05, 3.63) is 24.3 Å². The number of methoxy groups -OCH3 is 1. The van der Waals surface area contributed by atoms with Crippen LogP contribution in [-0.2, 0) is 4.74 Å². The minimum atomic E-state index is -0.655. The molecule has 1 saturated heterocycles. The Kier molecular flexibility index (Phi) is 4.81. The van der Waals surface area contributed by atoms with Crippen molar-refractivity contribution in [1.82, 2.24) is 4.90 Å². The largest absolute Gasteiger partial charge is 0.495 e. The fraction of sp³-hybridized carbons (Fsp3) is 0.562. The highest BCUT2D eigenvalue weighted by molar-refractivity contribution is 5.69. The van der Waals surface area contributed by atoms with Crippen molar-refractivity contribution in [2.24, 2.45) is 0 Å². The Bertz CT molecular complexity index is 527. The molecule has 0 spiro atoms. The van der Waals surface area contributed by atoms with Gasteiger partial charge in [-0.25, -0.2) is 4.79 Å². The Morgan fingerprint density at radius 1 is 1.32 bits per heavy atom.